The van der Waals surface area contributed by atoms with Crippen molar-refractivity contribution in [2.45, 2.75) is 25.8 Å². The first-order valence-electron chi connectivity index (χ1n) is 7.10. The highest BCUT2D eigenvalue weighted by atomic mass is 16.1. The van der Waals surface area contributed by atoms with Gasteiger partial charge in [0.2, 0.25) is 0 Å². The van der Waals surface area contributed by atoms with Gasteiger partial charge in [-0.05, 0) is 30.2 Å². The van der Waals surface area contributed by atoms with Crippen LogP contribution in [0.2, 0.25) is 0 Å². The van der Waals surface area contributed by atoms with E-state index in [0.717, 1.165) is 18.4 Å². The number of hydrogen-bond donors (Lipinski definition) is 1. The summed E-state index contributed by atoms with van der Waals surface area (Å²) in [5, 5.41) is 12.0. The average Bonchev–Trinajstić information content (AvgIpc) is 2.55. The molecular formula is C18H18N2O. The van der Waals surface area contributed by atoms with Gasteiger partial charge in [-0.3, -0.25) is 4.79 Å². The molecule has 3 heteroatoms. The fraction of sp³-hybridized carbons (Fsp3) is 0.222. The van der Waals surface area contributed by atoms with Crippen molar-refractivity contribution in [3.05, 3.63) is 71.3 Å². The third-order valence-corrected chi connectivity index (χ3v) is 3.34. The molecule has 1 amide bonds. The Labute approximate surface area is 125 Å². The van der Waals surface area contributed by atoms with E-state index in [1.165, 1.54) is 0 Å². The predicted octanol–water partition coefficient (Wildman–Crippen LogP) is 3.83. The summed E-state index contributed by atoms with van der Waals surface area (Å²) in [7, 11) is 0. The van der Waals surface area contributed by atoms with Crippen LogP contribution >= 0.6 is 0 Å². The molecule has 1 atom stereocenters. The Bertz CT molecular complexity index is 644. The molecule has 3 nitrogen and oxygen atoms in total. The third kappa shape index (κ3) is 3.93. The number of nitrogens with one attached hydrogen (secondary N) is 1. The van der Waals surface area contributed by atoms with Crippen LogP contribution in [0.3, 0.4) is 0 Å². The van der Waals surface area contributed by atoms with Crippen LogP contribution in [0.1, 0.15) is 47.3 Å². The molecule has 2 rings (SSSR count). The van der Waals surface area contributed by atoms with Crippen LogP contribution in [0.4, 0.5) is 0 Å². The number of carbonyl (C=O) groups is 1. The second-order valence-electron chi connectivity index (χ2n) is 4.92. The molecule has 1 unspecified atom stereocenters. The summed E-state index contributed by atoms with van der Waals surface area (Å²) in [5.41, 5.74) is 2.12. The van der Waals surface area contributed by atoms with Gasteiger partial charge in [0.15, 0.2) is 0 Å². The van der Waals surface area contributed by atoms with Crippen LogP contribution in [0, 0.1) is 11.3 Å². The van der Waals surface area contributed by atoms with E-state index in [4.69, 9.17) is 5.26 Å². The van der Waals surface area contributed by atoms with E-state index in [1.807, 2.05) is 30.3 Å². The first-order chi connectivity index (χ1) is 10.2. The molecule has 2 aromatic carbocycles. The molecule has 0 aromatic heterocycles. The van der Waals surface area contributed by atoms with E-state index in [0.29, 0.717) is 11.1 Å². The molecule has 0 aliphatic rings. The molecule has 0 aliphatic carbocycles. The SMILES string of the molecule is CCCC(NC(=O)c1cccc(C#N)c1)c1ccccc1. The van der Waals surface area contributed by atoms with E-state index in [9.17, 15) is 4.79 Å². The number of nitrogens with zero attached hydrogens (tertiary/aromatic N) is 1. The van der Waals surface area contributed by atoms with Crippen LogP contribution in [0.5, 0.6) is 0 Å². The lowest BCUT2D eigenvalue weighted by atomic mass is 10.0. The highest BCUT2D eigenvalue weighted by Crippen LogP contribution is 2.19. The summed E-state index contributed by atoms with van der Waals surface area (Å²) in [6, 6.07) is 18.8. The first-order valence-corrected chi connectivity index (χ1v) is 7.10. The summed E-state index contributed by atoms with van der Waals surface area (Å²) >= 11 is 0. The van der Waals surface area contributed by atoms with Crippen LogP contribution < -0.4 is 5.32 Å². The molecule has 0 saturated heterocycles. The van der Waals surface area contributed by atoms with Gasteiger partial charge in [0.25, 0.3) is 5.91 Å². The Morgan fingerprint density at radius 2 is 1.95 bits per heavy atom. The number of hydrogen-bond acceptors (Lipinski definition) is 2. The smallest absolute Gasteiger partial charge is 0.251 e. The third-order valence-electron chi connectivity index (χ3n) is 3.34. The van der Waals surface area contributed by atoms with Crippen molar-refractivity contribution in [3.8, 4) is 6.07 Å². The summed E-state index contributed by atoms with van der Waals surface area (Å²) in [6.07, 6.45) is 1.87. The van der Waals surface area contributed by atoms with Gasteiger partial charge in [0, 0.05) is 5.56 Å². The molecule has 1 N–H and O–H groups in total. The maximum atomic E-state index is 12.4. The molecule has 0 heterocycles. The van der Waals surface area contributed by atoms with E-state index >= 15 is 0 Å². The van der Waals surface area contributed by atoms with Gasteiger partial charge in [0.05, 0.1) is 17.7 Å². The zero-order chi connectivity index (χ0) is 15.1. The van der Waals surface area contributed by atoms with E-state index in [1.54, 1.807) is 24.3 Å². The van der Waals surface area contributed by atoms with Crippen LogP contribution in [-0.4, -0.2) is 5.91 Å². The Kier molecular flexibility index (Phi) is 5.11. The Hall–Kier alpha value is -2.60. The number of benzene rings is 2. The minimum atomic E-state index is -0.144. The van der Waals surface area contributed by atoms with Crippen molar-refractivity contribution >= 4 is 5.91 Å². The maximum absolute atomic E-state index is 12.4. The van der Waals surface area contributed by atoms with Gasteiger partial charge in [-0.15, -0.1) is 0 Å². The van der Waals surface area contributed by atoms with Gasteiger partial charge in [-0.1, -0.05) is 49.7 Å². The maximum Gasteiger partial charge on any atom is 0.251 e. The van der Waals surface area contributed by atoms with Crippen molar-refractivity contribution in [2.24, 2.45) is 0 Å². The summed E-state index contributed by atoms with van der Waals surface area (Å²) < 4.78 is 0. The number of nitriles is 1. The number of rotatable bonds is 5. The molecule has 21 heavy (non-hydrogen) atoms. The van der Waals surface area contributed by atoms with Crippen molar-refractivity contribution in [2.75, 3.05) is 0 Å². The minimum Gasteiger partial charge on any atom is -0.345 e. The predicted molar refractivity (Wildman–Crippen MR) is 82.7 cm³/mol. The van der Waals surface area contributed by atoms with E-state index in [2.05, 4.69) is 18.3 Å². The van der Waals surface area contributed by atoms with Crippen molar-refractivity contribution in [1.29, 1.82) is 5.26 Å². The molecule has 0 saturated carbocycles. The summed E-state index contributed by atoms with van der Waals surface area (Å²) in [4.78, 5) is 12.4. The standard InChI is InChI=1S/C18H18N2O/c1-2-7-17(15-9-4-3-5-10-15)20-18(21)16-11-6-8-14(12-16)13-19/h3-6,8-12,17H,2,7H2,1H3,(H,20,21). The molecule has 0 aliphatic heterocycles. The zero-order valence-corrected chi connectivity index (χ0v) is 12.0. The Morgan fingerprint density at radius 3 is 2.62 bits per heavy atom. The fourth-order valence-corrected chi connectivity index (χ4v) is 2.27. The molecule has 0 spiro atoms. The fourth-order valence-electron chi connectivity index (χ4n) is 2.27. The Balaban J connectivity index is 2.17. The molecule has 0 bridgehead atoms. The van der Waals surface area contributed by atoms with Crippen LogP contribution in [0.25, 0.3) is 0 Å². The highest BCUT2D eigenvalue weighted by Gasteiger charge is 2.15. The molecule has 106 valence electrons. The minimum absolute atomic E-state index is 0.00515. The Morgan fingerprint density at radius 1 is 1.19 bits per heavy atom. The van der Waals surface area contributed by atoms with Gasteiger partial charge in [0.1, 0.15) is 0 Å². The summed E-state index contributed by atoms with van der Waals surface area (Å²) in [5.74, 6) is -0.144. The molecule has 2 aromatic rings. The average molecular weight is 278 g/mol. The van der Waals surface area contributed by atoms with Crippen molar-refractivity contribution in [1.82, 2.24) is 5.32 Å². The number of carbonyl (C=O) groups excluding carboxylic acids is 1. The lowest BCUT2D eigenvalue weighted by molar-refractivity contribution is 0.0934. The second-order valence-corrected chi connectivity index (χ2v) is 4.92. The normalized spacial score (nSPS) is 11.4. The van der Waals surface area contributed by atoms with Gasteiger partial charge >= 0.3 is 0 Å². The van der Waals surface area contributed by atoms with Crippen LogP contribution in [-0.2, 0) is 0 Å². The highest BCUT2D eigenvalue weighted by molar-refractivity contribution is 5.94. The van der Waals surface area contributed by atoms with E-state index in [-0.39, 0.29) is 11.9 Å². The monoisotopic (exact) mass is 278 g/mol. The molecule has 0 fully saturated rings. The van der Waals surface area contributed by atoms with Crippen molar-refractivity contribution < 1.29 is 4.79 Å². The first kappa shape index (κ1) is 14.8. The number of amides is 1. The van der Waals surface area contributed by atoms with E-state index < -0.39 is 0 Å². The zero-order valence-electron chi connectivity index (χ0n) is 12.0. The van der Waals surface area contributed by atoms with Gasteiger partial charge < -0.3 is 5.32 Å². The van der Waals surface area contributed by atoms with Gasteiger partial charge in [-0.25, -0.2) is 0 Å². The quantitative estimate of drug-likeness (QED) is 0.903. The second kappa shape index (κ2) is 7.25. The topological polar surface area (TPSA) is 52.9 Å². The lowest BCUT2D eigenvalue weighted by Gasteiger charge is -2.18. The van der Waals surface area contributed by atoms with Crippen molar-refractivity contribution in [3.63, 3.8) is 0 Å². The molecular weight excluding hydrogens is 260 g/mol. The van der Waals surface area contributed by atoms with Gasteiger partial charge in [-0.2, -0.15) is 5.26 Å². The largest absolute Gasteiger partial charge is 0.345 e. The van der Waals surface area contributed by atoms with Crippen LogP contribution in [0.15, 0.2) is 54.6 Å². The molecule has 0 radical (unpaired) electrons. The lowest BCUT2D eigenvalue weighted by Crippen LogP contribution is -2.28. The summed E-state index contributed by atoms with van der Waals surface area (Å²) in [6.45, 7) is 2.10.